The van der Waals surface area contributed by atoms with Gasteiger partial charge in [-0.2, -0.15) is 4.74 Å². The third kappa shape index (κ3) is 4.42. The minimum atomic E-state index is -0.442. The fraction of sp³-hybridized carbons (Fsp3) is 0.200. The van der Waals surface area contributed by atoms with Crippen LogP contribution in [0.1, 0.15) is 26.3 Å². The molecule has 0 atom stereocenters. The van der Waals surface area contributed by atoms with Gasteiger partial charge in [0.1, 0.15) is 6.67 Å². The second-order valence-corrected chi connectivity index (χ2v) is 5.33. The first-order valence-corrected chi connectivity index (χ1v) is 8.43. The molecule has 6 heteroatoms. The van der Waals surface area contributed by atoms with Crippen LogP contribution in [0.3, 0.4) is 0 Å². The molecule has 6 nitrogen and oxygen atoms in total. The molecule has 3 aromatic rings. The Hall–Kier alpha value is -3.28. The molecule has 0 radical (unpaired) electrons. The molecule has 0 spiro atoms. The number of aromatic nitrogens is 2. The van der Waals surface area contributed by atoms with E-state index in [9.17, 15) is 9.59 Å². The number of carbonyl (C=O) groups excluding carboxylic acids is 1. The van der Waals surface area contributed by atoms with Crippen LogP contribution in [0.4, 0.5) is 0 Å². The highest BCUT2D eigenvalue weighted by Gasteiger charge is 2.10. The van der Waals surface area contributed by atoms with Crippen LogP contribution < -0.4 is 10.9 Å². The van der Waals surface area contributed by atoms with Crippen LogP contribution in [0.5, 0.6) is 0 Å². The summed E-state index contributed by atoms with van der Waals surface area (Å²) in [6.07, 6.45) is 7.29. The quantitative estimate of drug-likeness (QED) is 0.761. The minimum Gasteiger partial charge on any atom is -0.336 e. The Bertz CT molecular complexity index is 930. The number of benzene rings is 1. The second-order valence-electron chi connectivity index (χ2n) is 5.33. The van der Waals surface area contributed by atoms with Crippen LogP contribution in [0.25, 0.3) is 22.9 Å². The lowest BCUT2D eigenvalue weighted by Gasteiger charge is -2.03. The van der Waals surface area contributed by atoms with Crippen molar-refractivity contribution < 1.29 is 9.32 Å². The lowest BCUT2D eigenvalue weighted by molar-refractivity contribution is -0.119. The van der Waals surface area contributed by atoms with Gasteiger partial charge in [-0.15, -0.1) is 0 Å². The van der Waals surface area contributed by atoms with Gasteiger partial charge in [0.15, 0.2) is 0 Å². The fourth-order valence-corrected chi connectivity index (χ4v) is 2.35. The van der Waals surface area contributed by atoms with Crippen LogP contribution >= 0.6 is 0 Å². The van der Waals surface area contributed by atoms with Crippen molar-refractivity contribution in [3.63, 3.8) is 0 Å². The molecule has 1 N–H and O–H groups in total. The molecule has 0 fully saturated rings. The highest BCUT2D eigenvalue weighted by Crippen LogP contribution is 2.19. The summed E-state index contributed by atoms with van der Waals surface area (Å²) in [6.45, 7) is 9.27. The van der Waals surface area contributed by atoms with Crippen LogP contribution in [-0.2, 0) is 11.5 Å². The van der Waals surface area contributed by atoms with E-state index in [1.807, 2.05) is 61.1 Å². The van der Waals surface area contributed by atoms with Crippen molar-refractivity contribution in [3.8, 4) is 16.8 Å². The summed E-state index contributed by atoms with van der Waals surface area (Å²) in [4.78, 5) is 22.9. The lowest BCUT2D eigenvalue weighted by atomic mass is 10.1. The molecule has 2 heterocycles. The Morgan fingerprint density at radius 3 is 2.46 bits per heavy atom. The molecule has 0 aliphatic rings. The van der Waals surface area contributed by atoms with Crippen molar-refractivity contribution in [2.75, 3.05) is 0 Å². The maximum absolute atomic E-state index is 12.0. The van der Waals surface area contributed by atoms with Gasteiger partial charge in [0.25, 0.3) is 0 Å². The van der Waals surface area contributed by atoms with Crippen molar-refractivity contribution >= 4 is 12.0 Å². The number of hydrogen-bond acceptors (Lipinski definition) is 3. The van der Waals surface area contributed by atoms with Gasteiger partial charge in [-0.25, -0.2) is 4.79 Å². The Labute approximate surface area is 152 Å². The zero-order valence-electron chi connectivity index (χ0n) is 15.2. The molecule has 3 rings (SSSR count). The van der Waals surface area contributed by atoms with Crippen molar-refractivity contribution in [2.24, 2.45) is 0 Å². The molecule has 0 unspecified atom stereocenters. The Balaban J connectivity index is 0.00000117. The highest BCUT2D eigenvalue weighted by atomic mass is 16.5. The summed E-state index contributed by atoms with van der Waals surface area (Å²) < 4.78 is 8.36. The fourth-order valence-electron chi connectivity index (χ4n) is 2.35. The summed E-state index contributed by atoms with van der Waals surface area (Å²) in [6, 6.07) is 9.53. The van der Waals surface area contributed by atoms with Crippen molar-refractivity contribution in [1.82, 2.24) is 14.6 Å². The minimum absolute atomic E-state index is 0.121. The van der Waals surface area contributed by atoms with E-state index in [1.54, 1.807) is 12.3 Å². The summed E-state index contributed by atoms with van der Waals surface area (Å²) in [5, 5.41) is 2.57. The van der Waals surface area contributed by atoms with Gasteiger partial charge in [0.2, 0.25) is 5.91 Å². The number of rotatable bonds is 5. The third-order valence-corrected chi connectivity index (χ3v) is 3.60. The number of carbonyl (C=O) groups is 1. The van der Waals surface area contributed by atoms with E-state index < -0.39 is 5.63 Å². The van der Waals surface area contributed by atoms with E-state index in [2.05, 4.69) is 11.9 Å². The van der Waals surface area contributed by atoms with Crippen LogP contribution in [0.2, 0.25) is 0 Å². The standard InChI is InChI=1S/C18H17N3O3.C2H6/c1-3-14-8-9-20(10-14)16-6-4-15(5-7-16)17-11-21(24-18(17)23)12-19-13(2)22;1-2/h3-11H,1,12H2,2H3,(H,19,22);1-2H3. The molecule has 0 bridgehead atoms. The maximum Gasteiger partial charge on any atom is 0.365 e. The van der Waals surface area contributed by atoms with Gasteiger partial charge in [0, 0.05) is 25.0 Å². The number of nitrogens with one attached hydrogen (secondary N) is 1. The topological polar surface area (TPSA) is 69.2 Å². The predicted molar refractivity (Wildman–Crippen MR) is 103 cm³/mol. The van der Waals surface area contributed by atoms with Crippen molar-refractivity contribution in [3.05, 3.63) is 71.5 Å². The van der Waals surface area contributed by atoms with Gasteiger partial charge in [0.05, 0.1) is 11.8 Å². The van der Waals surface area contributed by atoms with E-state index in [1.165, 1.54) is 11.7 Å². The zero-order chi connectivity index (χ0) is 19.1. The van der Waals surface area contributed by atoms with Gasteiger partial charge in [-0.1, -0.05) is 38.6 Å². The summed E-state index contributed by atoms with van der Waals surface area (Å²) in [5.74, 6) is -0.192. The van der Waals surface area contributed by atoms with E-state index in [4.69, 9.17) is 4.52 Å². The molecule has 1 amide bonds. The normalized spacial score (nSPS) is 9.96. The maximum atomic E-state index is 12.0. The van der Waals surface area contributed by atoms with Gasteiger partial charge in [-0.3, -0.25) is 4.79 Å². The van der Waals surface area contributed by atoms with Crippen LogP contribution in [0.15, 0.2) is 64.8 Å². The number of amides is 1. The first-order valence-electron chi connectivity index (χ1n) is 8.43. The summed E-state index contributed by atoms with van der Waals surface area (Å²) in [7, 11) is 0. The zero-order valence-corrected chi connectivity index (χ0v) is 15.2. The van der Waals surface area contributed by atoms with Gasteiger partial charge < -0.3 is 14.4 Å². The predicted octanol–water partition coefficient (Wildman–Crippen LogP) is 3.66. The van der Waals surface area contributed by atoms with E-state index in [-0.39, 0.29) is 12.6 Å². The van der Waals surface area contributed by atoms with E-state index in [0.29, 0.717) is 5.56 Å². The van der Waals surface area contributed by atoms with Crippen molar-refractivity contribution in [1.29, 1.82) is 0 Å². The smallest absolute Gasteiger partial charge is 0.336 e. The SMILES string of the molecule is C=Cc1ccn(-c2ccc(-c3cn(CNC(C)=O)oc3=O)cc2)c1.CC. The molecule has 0 aliphatic carbocycles. The molecule has 26 heavy (non-hydrogen) atoms. The Morgan fingerprint density at radius 1 is 1.19 bits per heavy atom. The summed E-state index contributed by atoms with van der Waals surface area (Å²) in [5.41, 5.74) is 2.78. The molecule has 0 aliphatic heterocycles. The largest absolute Gasteiger partial charge is 0.365 e. The van der Waals surface area contributed by atoms with Crippen LogP contribution in [0, 0.1) is 0 Å². The van der Waals surface area contributed by atoms with Crippen LogP contribution in [-0.4, -0.2) is 15.2 Å². The monoisotopic (exact) mass is 353 g/mol. The molecule has 0 saturated heterocycles. The van der Waals surface area contributed by atoms with Gasteiger partial charge >= 0.3 is 5.63 Å². The molecular weight excluding hydrogens is 330 g/mol. The molecular formula is C20H23N3O3. The second kappa shape index (κ2) is 8.71. The van der Waals surface area contributed by atoms with E-state index >= 15 is 0 Å². The first kappa shape index (κ1) is 19.1. The molecule has 1 aromatic carbocycles. The van der Waals surface area contributed by atoms with Crippen molar-refractivity contribution in [2.45, 2.75) is 27.4 Å². The average molecular weight is 353 g/mol. The van der Waals surface area contributed by atoms with E-state index in [0.717, 1.165) is 16.8 Å². The first-order chi connectivity index (χ1) is 12.6. The summed E-state index contributed by atoms with van der Waals surface area (Å²) >= 11 is 0. The number of nitrogens with zero attached hydrogens (tertiary/aromatic N) is 2. The average Bonchev–Trinajstić information content (AvgIpc) is 3.28. The lowest BCUT2D eigenvalue weighted by Crippen LogP contribution is -2.22. The Morgan fingerprint density at radius 2 is 1.88 bits per heavy atom. The molecule has 0 saturated carbocycles. The Kier molecular flexibility index (Phi) is 6.38. The molecule has 2 aromatic heterocycles. The van der Waals surface area contributed by atoms with Gasteiger partial charge in [-0.05, 0) is 29.3 Å². The molecule has 136 valence electrons. The third-order valence-electron chi connectivity index (χ3n) is 3.60. The highest BCUT2D eigenvalue weighted by molar-refractivity contribution is 5.72. The number of hydrogen-bond donors (Lipinski definition) is 1.